The van der Waals surface area contributed by atoms with E-state index >= 15 is 0 Å². The lowest BCUT2D eigenvalue weighted by Gasteiger charge is -2.16. The van der Waals surface area contributed by atoms with E-state index in [0.717, 1.165) is 6.42 Å². The average Bonchev–Trinajstić information content (AvgIpc) is 2.55. The molecule has 0 aromatic heterocycles. The summed E-state index contributed by atoms with van der Waals surface area (Å²) in [6.45, 7) is -3.47. The minimum atomic E-state index is -3.00. The molecule has 1 atom stereocenters. The molecule has 0 spiro atoms. The minimum Gasteiger partial charge on any atom is -0.455 e. The van der Waals surface area contributed by atoms with Crippen molar-refractivity contribution in [1.82, 2.24) is 0 Å². The fourth-order valence-corrected chi connectivity index (χ4v) is 2.22. The second-order valence-electron chi connectivity index (χ2n) is 5.01. The molecule has 5 nitrogen and oxygen atoms in total. The molecule has 23 heavy (non-hydrogen) atoms. The van der Waals surface area contributed by atoms with Crippen LogP contribution >= 0.6 is 0 Å². The largest absolute Gasteiger partial charge is 0.455 e. The van der Waals surface area contributed by atoms with Gasteiger partial charge in [-0.05, 0) is 31.4 Å². The minimum absolute atomic E-state index is 0.0921. The molecule has 1 N–H and O–H groups in total. The van der Waals surface area contributed by atoms with Crippen molar-refractivity contribution >= 4 is 17.6 Å². The van der Waals surface area contributed by atoms with Crippen LogP contribution in [0.5, 0.6) is 5.75 Å². The average molecular weight is 325 g/mol. The zero-order chi connectivity index (χ0) is 16.7. The number of alkyl halides is 2. The van der Waals surface area contributed by atoms with E-state index in [1.54, 1.807) is 6.07 Å². The van der Waals surface area contributed by atoms with E-state index in [-0.39, 0.29) is 17.4 Å². The number of rotatable bonds is 6. The van der Waals surface area contributed by atoms with E-state index in [1.807, 2.05) is 12.2 Å². The van der Waals surface area contributed by atoms with Gasteiger partial charge in [-0.15, -0.1) is 0 Å². The Hall–Kier alpha value is -2.44. The third-order valence-corrected chi connectivity index (χ3v) is 3.33. The summed E-state index contributed by atoms with van der Waals surface area (Å²) in [5.41, 5.74) is 0.0921. The van der Waals surface area contributed by atoms with E-state index in [1.165, 1.54) is 18.2 Å². The molecule has 7 heteroatoms. The number of carbonyl (C=O) groups is 2. The molecular formula is C16H17F2NO4. The van der Waals surface area contributed by atoms with Gasteiger partial charge in [0.15, 0.2) is 6.61 Å². The Labute approximate surface area is 132 Å². The van der Waals surface area contributed by atoms with E-state index in [2.05, 4.69) is 10.1 Å². The number of esters is 1. The van der Waals surface area contributed by atoms with E-state index in [9.17, 15) is 18.4 Å². The maximum atomic E-state index is 12.3. The summed E-state index contributed by atoms with van der Waals surface area (Å²) in [5.74, 6) is -1.43. The summed E-state index contributed by atoms with van der Waals surface area (Å²) in [7, 11) is 0. The number of benzene rings is 1. The van der Waals surface area contributed by atoms with Crippen molar-refractivity contribution in [2.75, 3.05) is 11.9 Å². The van der Waals surface area contributed by atoms with Gasteiger partial charge in [-0.25, -0.2) is 0 Å². The maximum absolute atomic E-state index is 12.3. The highest BCUT2D eigenvalue weighted by Gasteiger charge is 2.21. The van der Waals surface area contributed by atoms with Crippen molar-refractivity contribution in [2.45, 2.75) is 25.9 Å². The highest BCUT2D eigenvalue weighted by atomic mass is 19.3. The molecule has 2 rings (SSSR count). The number of hydrogen-bond donors (Lipinski definition) is 1. The molecule has 1 aromatic rings. The fourth-order valence-electron chi connectivity index (χ4n) is 2.22. The van der Waals surface area contributed by atoms with Crippen LogP contribution in [0.4, 0.5) is 14.5 Å². The Morgan fingerprint density at radius 3 is 2.74 bits per heavy atom. The zero-order valence-electron chi connectivity index (χ0n) is 12.3. The van der Waals surface area contributed by atoms with Crippen molar-refractivity contribution < 1.29 is 27.8 Å². The van der Waals surface area contributed by atoms with Crippen LogP contribution in [0.3, 0.4) is 0 Å². The third kappa shape index (κ3) is 5.36. The maximum Gasteiger partial charge on any atom is 0.387 e. The molecule has 1 aliphatic carbocycles. The number of hydrogen-bond acceptors (Lipinski definition) is 4. The number of halogens is 2. The summed E-state index contributed by atoms with van der Waals surface area (Å²) < 4.78 is 33.8. The molecule has 1 amide bonds. The second kappa shape index (κ2) is 8.26. The number of ether oxygens (including phenoxy) is 2. The van der Waals surface area contributed by atoms with Gasteiger partial charge in [-0.3, -0.25) is 9.59 Å². The quantitative estimate of drug-likeness (QED) is 0.645. The van der Waals surface area contributed by atoms with Crippen molar-refractivity contribution in [2.24, 2.45) is 5.92 Å². The standard InChI is InChI=1S/C16H17F2NO4/c17-16(18)23-13-9-5-4-8-12(13)19-14(20)10-22-15(21)11-6-2-1-3-7-11/h1-2,4-5,8-9,11,16H,3,6-7,10H2,(H,19,20)/t11-/m0/s1. The van der Waals surface area contributed by atoms with Crippen molar-refractivity contribution in [3.05, 3.63) is 36.4 Å². The van der Waals surface area contributed by atoms with Crippen LogP contribution in [-0.4, -0.2) is 25.1 Å². The van der Waals surface area contributed by atoms with Crippen LogP contribution in [0.15, 0.2) is 36.4 Å². The zero-order valence-corrected chi connectivity index (χ0v) is 12.3. The lowest BCUT2D eigenvalue weighted by molar-refractivity contribution is -0.151. The second-order valence-corrected chi connectivity index (χ2v) is 5.01. The summed E-state index contributed by atoms with van der Waals surface area (Å²) in [6.07, 6.45) is 6.02. The Bertz CT molecular complexity index is 589. The molecule has 0 unspecified atom stereocenters. The van der Waals surface area contributed by atoms with E-state index in [4.69, 9.17) is 4.74 Å². The SMILES string of the molecule is O=C(COC(=O)[C@H]1CC=CCC1)Nc1ccccc1OC(F)F. The molecule has 0 bridgehead atoms. The number of carbonyl (C=O) groups excluding carboxylic acids is 2. The number of amides is 1. The van der Waals surface area contributed by atoms with Crippen molar-refractivity contribution in [3.63, 3.8) is 0 Å². The van der Waals surface area contributed by atoms with E-state index < -0.39 is 25.1 Å². The Morgan fingerprint density at radius 2 is 2.04 bits per heavy atom. The summed E-state index contributed by atoms with van der Waals surface area (Å²) in [6, 6.07) is 5.80. The molecule has 0 saturated heterocycles. The Balaban J connectivity index is 1.85. The normalized spacial score (nSPS) is 16.9. The number of anilines is 1. The van der Waals surface area contributed by atoms with Gasteiger partial charge in [-0.2, -0.15) is 8.78 Å². The lowest BCUT2D eigenvalue weighted by Crippen LogP contribution is -2.25. The molecule has 1 aliphatic rings. The van der Waals surface area contributed by atoms with Crippen LogP contribution < -0.4 is 10.1 Å². The molecular weight excluding hydrogens is 308 g/mol. The molecule has 124 valence electrons. The first-order valence-corrected chi connectivity index (χ1v) is 7.21. The van der Waals surface area contributed by atoms with Gasteiger partial charge in [0.25, 0.3) is 5.91 Å². The predicted octanol–water partition coefficient (Wildman–Crippen LogP) is 3.13. The first kappa shape index (κ1) is 16.9. The fraction of sp³-hybridized carbons (Fsp3) is 0.375. The first-order valence-electron chi connectivity index (χ1n) is 7.21. The van der Waals surface area contributed by atoms with Gasteiger partial charge < -0.3 is 14.8 Å². The Kier molecular flexibility index (Phi) is 6.08. The van der Waals surface area contributed by atoms with Crippen LogP contribution in [0.1, 0.15) is 19.3 Å². The molecule has 0 aliphatic heterocycles. The summed E-state index contributed by atoms with van der Waals surface area (Å²) in [4.78, 5) is 23.6. The molecule has 1 aromatic carbocycles. The topological polar surface area (TPSA) is 64.6 Å². The summed E-state index contributed by atoms with van der Waals surface area (Å²) in [5, 5.41) is 2.39. The van der Waals surface area contributed by atoms with Crippen LogP contribution in [0.2, 0.25) is 0 Å². The first-order chi connectivity index (χ1) is 11.1. The number of nitrogens with one attached hydrogen (secondary N) is 1. The lowest BCUT2D eigenvalue weighted by atomic mass is 9.95. The third-order valence-electron chi connectivity index (χ3n) is 3.33. The van der Waals surface area contributed by atoms with Crippen LogP contribution in [0, 0.1) is 5.92 Å². The molecule has 0 fully saturated rings. The van der Waals surface area contributed by atoms with E-state index in [0.29, 0.717) is 12.8 Å². The number of allylic oxidation sites excluding steroid dienone is 2. The smallest absolute Gasteiger partial charge is 0.387 e. The van der Waals surface area contributed by atoms with Gasteiger partial charge in [0.2, 0.25) is 0 Å². The monoisotopic (exact) mass is 325 g/mol. The molecule has 0 saturated carbocycles. The predicted molar refractivity (Wildman–Crippen MR) is 79.1 cm³/mol. The summed E-state index contributed by atoms with van der Waals surface area (Å²) >= 11 is 0. The number of para-hydroxylation sites is 2. The van der Waals surface area contributed by atoms with Crippen molar-refractivity contribution in [3.8, 4) is 5.75 Å². The highest BCUT2D eigenvalue weighted by Crippen LogP contribution is 2.25. The van der Waals surface area contributed by atoms with Crippen molar-refractivity contribution in [1.29, 1.82) is 0 Å². The van der Waals surface area contributed by atoms with Gasteiger partial charge >= 0.3 is 12.6 Å². The van der Waals surface area contributed by atoms with Gasteiger partial charge in [0.1, 0.15) is 5.75 Å². The molecule has 0 radical (unpaired) electrons. The van der Waals surface area contributed by atoms with Gasteiger partial charge in [0.05, 0.1) is 11.6 Å². The highest BCUT2D eigenvalue weighted by molar-refractivity contribution is 5.94. The van der Waals surface area contributed by atoms with Crippen LogP contribution in [0.25, 0.3) is 0 Å². The molecule has 0 heterocycles. The Morgan fingerprint density at radius 1 is 1.26 bits per heavy atom. The van der Waals surface area contributed by atoms with Gasteiger partial charge in [0, 0.05) is 0 Å². The van der Waals surface area contributed by atoms with Gasteiger partial charge in [-0.1, -0.05) is 24.3 Å². The van der Waals surface area contributed by atoms with Crippen LogP contribution in [-0.2, 0) is 14.3 Å².